The van der Waals surface area contributed by atoms with Crippen LogP contribution in [0.2, 0.25) is 10.0 Å². The number of benzene rings is 3. The highest BCUT2D eigenvalue weighted by Gasteiger charge is 2.13. The van der Waals surface area contributed by atoms with E-state index in [0.717, 1.165) is 0 Å². The number of aromatic hydroxyl groups is 2. The van der Waals surface area contributed by atoms with Crippen LogP contribution in [0.15, 0.2) is 60.7 Å². The van der Waals surface area contributed by atoms with Crippen molar-refractivity contribution in [1.82, 2.24) is 0 Å². The fourth-order valence-corrected chi connectivity index (χ4v) is 2.72. The van der Waals surface area contributed by atoms with Gasteiger partial charge in [0.15, 0.2) is 0 Å². The number of carbonyl (C=O) groups excluding carboxylic acids is 2. The second-order valence-corrected chi connectivity index (χ2v) is 6.68. The summed E-state index contributed by atoms with van der Waals surface area (Å²) < 4.78 is 0. The first-order valence-corrected chi connectivity index (χ1v) is 8.79. The molecule has 0 spiro atoms. The molecule has 0 saturated heterocycles. The maximum Gasteiger partial charge on any atom is 0.255 e. The van der Waals surface area contributed by atoms with Gasteiger partial charge in [-0.2, -0.15) is 0 Å². The molecule has 0 aliphatic heterocycles. The summed E-state index contributed by atoms with van der Waals surface area (Å²) in [5, 5.41) is 25.4. The fraction of sp³-hybridized carbons (Fsp3) is 0. The van der Waals surface area contributed by atoms with Crippen LogP contribution >= 0.6 is 23.2 Å². The summed E-state index contributed by atoms with van der Waals surface area (Å²) in [5.74, 6) is -1.18. The molecule has 0 aliphatic rings. The van der Waals surface area contributed by atoms with Gasteiger partial charge in [-0.15, -0.1) is 0 Å². The SMILES string of the molecule is O=C(Nc1cc(Cl)ccc1O)c1ccc(C(=O)Nc2cc(Cl)ccc2O)cc1. The molecule has 3 aromatic rings. The van der Waals surface area contributed by atoms with E-state index in [1.165, 1.54) is 60.7 Å². The number of halogens is 2. The summed E-state index contributed by atoms with van der Waals surface area (Å²) >= 11 is 11.7. The van der Waals surface area contributed by atoms with Crippen molar-refractivity contribution in [3.63, 3.8) is 0 Å². The molecule has 3 aromatic carbocycles. The van der Waals surface area contributed by atoms with Crippen LogP contribution in [0, 0.1) is 0 Å². The highest BCUT2D eigenvalue weighted by Crippen LogP contribution is 2.28. The molecule has 2 amide bonds. The lowest BCUT2D eigenvalue weighted by Crippen LogP contribution is -2.14. The normalized spacial score (nSPS) is 10.4. The van der Waals surface area contributed by atoms with E-state index in [-0.39, 0.29) is 34.0 Å². The summed E-state index contributed by atoms with van der Waals surface area (Å²) in [4.78, 5) is 24.6. The van der Waals surface area contributed by atoms with E-state index in [1.54, 1.807) is 0 Å². The summed E-state index contributed by atoms with van der Waals surface area (Å²) in [6, 6.07) is 14.4. The number of anilines is 2. The van der Waals surface area contributed by atoms with Crippen LogP contribution in [0.4, 0.5) is 11.4 Å². The number of phenols is 2. The minimum Gasteiger partial charge on any atom is -0.506 e. The Hall–Kier alpha value is -3.22. The Bertz CT molecular complexity index is 968. The lowest BCUT2D eigenvalue weighted by molar-refractivity contribution is 0.101. The zero-order valence-electron chi connectivity index (χ0n) is 14.2. The van der Waals surface area contributed by atoms with E-state index in [4.69, 9.17) is 23.2 Å². The van der Waals surface area contributed by atoms with Crippen LogP contribution < -0.4 is 10.6 Å². The van der Waals surface area contributed by atoms with Crippen LogP contribution in [0.1, 0.15) is 20.7 Å². The number of hydrogen-bond acceptors (Lipinski definition) is 4. The minimum absolute atomic E-state index is 0.116. The van der Waals surface area contributed by atoms with E-state index in [2.05, 4.69) is 10.6 Å². The van der Waals surface area contributed by atoms with Gasteiger partial charge < -0.3 is 20.8 Å². The first-order valence-electron chi connectivity index (χ1n) is 8.03. The maximum absolute atomic E-state index is 12.3. The van der Waals surface area contributed by atoms with Gasteiger partial charge in [0.2, 0.25) is 0 Å². The third-order valence-corrected chi connectivity index (χ3v) is 4.29. The highest BCUT2D eigenvalue weighted by atomic mass is 35.5. The van der Waals surface area contributed by atoms with Crippen molar-refractivity contribution in [2.24, 2.45) is 0 Å². The average molecular weight is 417 g/mol. The molecule has 0 aliphatic carbocycles. The summed E-state index contributed by atoms with van der Waals surface area (Å²) in [6.07, 6.45) is 0. The monoisotopic (exact) mass is 416 g/mol. The van der Waals surface area contributed by atoms with E-state index in [9.17, 15) is 19.8 Å². The molecule has 0 bridgehead atoms. The second kappa shape index (κ2) is 8.21. The lowest BCUT2D eigenvalue weighted by Gasteiger charge is -2.09. The van der Waals surface area contributed by atoms with Crippen molar-refractivity contribution in [2.75, 3.05) is 10.6 Å². The van der Waals surface area contributed by atoms with E-state index < -0.39 is 11.8 Å². The fourth-order valence-electron chi connectivity index (χ4n) is 2.38. The standard InChI is InChI=1S/C20H14Cl2N2O4/c21-13-5-7-17(25)15(9-13)23-19(27)11-1-2-12(4-3-11)20(28)24-16-10-14(22)6-8-18(16)26/h1-10,25-26H,(H,23,27)(H,24,28). The largest absolute Gasteiger partial charge is 0.506 e. The Morgan fingerprint density at radius 1 is 0.643 bits per heavy atom. The summed E-state index contributed by atoms with van der Waals surface area (Å²) in [7, 11) is 0. The molecule has 0 saturated carbocycles. The summed E-state index contributed by atoms with van der Waals surface area (Å²) in [5.41, 5.74) is 0.912. The Morgan fingerprint density at radius 3 is 1.36 bits per heavy atom. The molecule has 6 nitrogen and oxygen atoms in total. The third kappa shape index (κ3) is 4.54. The van der Waals surface area contributed by atoms with Gasteiger partial charge in [-0.25, -0.2) is 0 Å². The molecule has 8 heteroatoms. The van der Waals surface area contributed by atoms with Crippen LogP contribution in [0.5, 0.6) is 11.5 Å². The van der Waals surface area contributed by atoms with Gasteiger partial charge in [0, 0.05) is 21.2 Å². The number of rotatable bonds is 4. The molecule has 0 unspecified atom stereocenters. The smallest absolute Gasteiger partial charge is 0.255 e. The topological polar surface area (TPSA) is 98.7 Å². The van der Waals surface area contributed by atoms with E-state index in [1.807, 2.05) is 0 Å². The van der Waals surface area contributed by atoms with Gasteiger partial charge in [0.25, 0.3) is 11.8 Å². The molecule has 0 aromatic heterocycles. The maximum atomic E-state index is 12.3. The van der Waals surface area contributed by atoms with Crippen molar-refractivity contribution in [3.8, 4) is 11.5 Å². The number of phenolic OH excluding ortho intramolecular Hbond substituents is 2. The van der Waals surface area contributed by atoms with Gasteiger partial charge in [0.05, 0.1) is 11.4 Å². The number of carbonyl (C=O) groups is 2. The Labute approximate surface area is 170 Å². The molecule has 0 radical (unpaired) electrons. The molecule has 28 heavy (non-hydrogen) atoms. The molecule has 142 valence electrons. The molecule has 0 fully saturated rings. The number of nitrogens with one attached hydrogen (secondary N) is 2. The first-order chi connectivity index (χ1) is 13.3. The van der Waals surface area contributed by atoms with Gasteiger partial charge in [-0.1, -0.05) is 23.2 Å². The van der Waals surface area contributed by atoms with Crippen LogP contribution in [-0.4, -0.2) is 22.0 Å². The van der Waals surface area contributed by atoms with Crippen molar-refractivity contribution < 1.29 is 19.8 Å². The zero-order valence-corrected chi connectivity index (χ0v) is 15.8. The lowest BCUT2D eigenvalue weighted by atomic mass is 10.1. The number of hydrogen-bond donors (Lipinski definition) is 4. The van der Waals surface area contributed by atoms with Gasteiger partial charge in [-0.3, -0.25) is 9.59 Å². The van der Waals surface area contributed by atoms with Gasteiger partial charge in [0.1, 0.15) is 11.5 Å². The number of amides is 2. The van der Waals surface area contributed by atoms with Crippen molar-refractivity contribution >= 4 is 46.4 Å². The third-order valence-electron chi connectivity index (χ3n) is 3.82. The Kier molecular flexibility index (Phi) is 5.73. The zero-order chi connectivity index (χ0) is 20.3. The molecule has 0 atom stereocenters. The molecular weight excluding hydrogens is 403 g/mol. The minimum atomic E-state index is -0.475. The Balaban J connectivity index is 1.72. The second-order valence-electron chi connectivity index (χ2n) is 5.81. The van der Waals surface area contributed by atoms with Crippen molar-refractivity contribution in [1.29, 1.82) is 0 Å². The van der Waals surface area contributed by atoms with E-state index >= 15 is 0 Å². The molecule has 4 N–H and O–H groups in total. The predicted octanol–water partition coefficient (Wildman–Crippen LogP) is 4.91. The van der Waals surface area contributed by atoms with Crippen LogP contribution in [0.25, 0.3) is 0 Å². The Morgan fingerprint density at radius 2 is 1.00 bits per heavy atom. The average Bonchev–Trinajstić information content (AvgIpc) is 2.67. The molecule has 3 rings (SSSR count). The quantitative estimate of drug-likeness (QED) is 0.454. The van der Waals surface area contributed by atoms with Crippen LogP contribution in [0.3, 0.4) is 0 Å². The molecule has 0 heterocycles. The van der Waals surface area contributed by atoms with Crippen molar-refractivity contribution in [2.45, 2.75) is 0 Å². The summed E-state index contributed by atoms with van der Waals surface area (Å²) in [6.45, 7) is 0. The molecular formula is C20H14Cl2N2O4. The van der Waals surface area contributed by atoms with Gasteiger partial charge in [-0.05, 0) is 60.7 Å². The van der Waals surface area contributed by atoms with Crippen molar-refractivity contribution in [3.05, 3.63) is 81.8 Å². The predicted molar refractivity (Wildman–Crippen MR) is 109 cm³/mol. The first kappa shape index (κ1) is 19.5. The van der Waals surface area contributed by atoms with Gasteiger partial charge >= 0.3 is 0 Å². The highest BCUT2D eigenvalue weighted by molar-refractivity contribution is 6.31. The van der Waals surface area contributed by atoms with E-state index in [0.29, 0.717) is 10.0 Å². The van der Waals surface area contributed by atoms with Crippen LogP contribution in [-0.2, 0) is 0 Å².